The van der Waals surface area contributed by atoms with Gasteiger partial charge in [-0.2, -0.15) is 0 Å². The first-order valence-corrected chi connectivity index (χ1v) is 36.8. The number of Topliss-reactive ketones (excluding diaryl/α,β-unsaturated/α-hetero) is 1. The number of hydrogen-bond donors (Lipinski definition) is 2. The van der Waals surface area contributed by atoms with E-state index in [-0.39, 0.29) is 55.1 Å². The van der Waals surface area contributed by atoms with Crippen LogP contribution in [-0.2, 0) is 119 Å². The number of aliphatic hydroxyl groups excluding tert-OH is 1. The van der Waals surface area contributed by atoms with Crippen molar-refractivity contribution in [2.75, 3.05) is 56.1 Å². The van der Waals surface area contributed by atoms with Crippen molar-refractivity contribution >= 4 is 11.8 Å². The summed E-state index contributed by atoms with van der Waals surface area (Å²) in [5.41, 5.74) is 0.0208. The lowest BCUT2D eigenvalue weighted by atomic mass is 9.46. The molecule has 0 aromatic rings. The fourth-order valence-electron chi connectivity index (χ4n) is 19.6. The van der Waals surface area contributed by atoms with E-state index in [0.717, 1.165) is 44.9 Å². The van der Waals surface area contributed by atoms with Crippen molar-refractivity contribution in [2.24, 2.45) is 28.6 Å². The number of fused-ring (bicyclic) bond motifs is 6. The monoisotopic (exact) mass is 1420 g/mol. The topological polar surface area (TPSA) is 287 Å². The van der Waals surface area contributed by atoms with E-state index < -0.39 is 177 Å². The van der Waals surface area contributed by atoms with Crippen LogP contribution in [0.5, 0.6) is 0 Å². The van der Waals surface area contributed by atoms with Gasteiger partial charge in [-0.3, -0.25) is 9.59 Å². The molecule has 0 aromatic heterocycles. The number of carbonyl (C=O) groups excluding carboxylic acids is 2. The summed E-state index contributed by atoms with van der Waals surface area (Å²) in [6.07, 6.45) is -4.38. The van der Waals surface area contributed by atoms with E-state index in [1.54, 1.807) is 41.4 Å². The largest absolute Gasteiger partial charge is 0.493 e. The average Bonchev–Trinajstić information content (AvgIpc) is 1.46. The fourth-order valence-corrected chi connectivity index (χ4v) is 19.6. The smallest absolute Gasteiger partial charge is 0.303 e. The second kappa shape index (κ2) is 31.7. The summed E-state index contributed by atoms with van der Waals surface area (Å²) in [5.74, 6) is -0.530. The van der Waals surface area contributed by atoms with Gasteiger partial charge in [0.25, 0.3) is 5.78 Å². The van der Waals surface area contributed by atoms with Crippen molar-refractivity contribution in [1.29, 1.82) is 0 Å². The molecule has 8 heterocycles. The zero-order valence-corrected chi connectivity index (χ0v) is 61.8. The van der Waals surface area contributed by atoms with E-state index in [2.05, 4.69) is 19.9 Å². The molecule has 0 radical (unpaired) electrons. The van der Waals surface area contributed by atoms with Gasteiger partial charge in [-0.05, 0) is 136 Å². The summed E-state index contributed by atoms with van der Waals surface area (Å²) in [6, 6.07) is 0. The lowest BCUT2D eigenvalue weighted by Gasteiger charge is -2.59. The average molecular weight is 1430 g/mol. The Bertz CT molecular complexity index is 2810. The van der Waals surface area contributed by atoms with Gasteiger partial charge in [-0.1, -0.05) is 25.5 Å². The van der Waals surface area contributed by atoms with Gasteiger partial charge in [0.2, 0.25) is 6.29 Å². The molecule has 35 atom stereocenters. The summed E-state index contributed by atoms with van der Waals surface area (Å²) >= 11 is 0. The highest BCUT2D eigenvalue weighted by molar-refractivity contribution is 5.96. The number of allylic oxidation sites excluding steroid dienone is 1. The number of ketones is 1. The van der Waals surface area contributed by atoms with Gasteiger partial charge in [-0.25, -0.2) is 0 Å². The standard InChI is InChI=1S/C73H116O27/c1-35-26-49(78-12)60(76)68(87-35)95-45-20-23-70(10)44(27-45)18-19-46-47(70)21-24-71(11)48(46)22-25-73(71,77)42(8)93-55-31-53-61(37(3)88-55)84-33-72(86-34-85-53)32-54(82-16)65(41(7)100-72)98-58-29-51(80-14)63(39(5)90-58)96-56-28-50(79-13)62(38(4)89-56)97-57-30-52(81-15)64(40(6)91-57)99-69-67(94-43(9)74)66(83-17)59(75)36(2)92-69/h18,26,35-42,45-48,50-59,61-69,75,77H,19-25,27-34H2,1-17H3/t35-,36+,37+,38-,39-,40-,41-,42-,45+,46-,47-,48+,50-,51-,52-,53+,54-,55-,56+,57+,58+,59+,61+,62-,63-,64-,65-,66-,67+,68+,69-,70+,71-,72-,73+/m1/s1. The fraction of sp³-hybridized carbons (Fsp3) is 0.918. The molecule has 12 rings (SSSR count). The van der Waals surface area contributed by atoms with Gasteiger partial charge in [0, 0.05) is 80.0 Å². The SMILES string of the molecule is COC1=C[C@@H](C)O[C@@H](O[C@H]2CC[C@@]3(C)C(=CC[C@@H]4[C@H]3CC[C@]3(C)[C@H]4CC[C@]3(O)[C@@H](C)O[C@@H]3C[C@@H]4OCO[C@]5(CO[C@H]4[C@H](C)O3)C[C@@H](OC)[C@H](O[C@H]3C[C@@H](OC)[C@H](O[C@H]4C[C@@H](OC)[C@H](O[C@H]6C[C@@H](OC)[C@H](O[C@H]7O[C@@H](C)[C@H](O)[C@@H](OC)[C@@H]7OC(C)=O)[C@@H](C)O6)[C@@H](C)O4)[C@@H](C)O3)[C@@H](C)O5)C2)C1=O. The molecule has 4 aliphatic carbocycles. The molecule has 12 aliphatic rings. The second-order valence-electron chi connectivity index (χ2n) is 30.9. The Morgan fingerprint density at radius 1 is 0.620 bits per heavy atom. The molecule has 27 heteroatoms. The molecule has 27 nitrogen and oxygen atoms in total. The van der Waals surface area contributed by atoms with Crippen LogP contribution in [0.1, 0.15) is 160 Å². The first kappa shape index (κ1) is 77.1. The van der Waals surface area contributed by atoms with Gasteiger partial charge in [-0.15, -0.1) is 0 Å². The Morgan fingerprint density at radius 2 is 1.21 bits per heavy atom. The van der Waals surface area contributed by atoms with Crippen LogP contribution in [0.4, 0.5) is 0 Å². The van der Waals surface area contributed by atoms with Gasteiger partial charge < -0.3 is 119 Å². The third-order valence-corrected chi connectivity index (χ3v) is 25.1. The number of ether oxygens (including phenoxy) is 23. The first-order valence-electron chi connectivity index (χ1n) is 36.8. The summed E-state index contributed by atoms with van der Waals surface area (Å²) in [5, 5.41) is 23.8. The Morgan fingerprint density at radius 3 is 1.80 bits per heavy atom. The molecule has 0 unspecified atom stereocenters. The van der Waals surface area contributed by atoms with Crippen LogP contribution in [-0.4, -0.2) is 261 Å². The van der Waals surface area contributed by atoms with Crippen molar-refractivity contribution in [3.8, 4) is 0 Å². The van der Waals surface area contributed by atoms with Crippen molar-refractivity contribution < 1.29 is 129 Å². The molecule has 2 N–H and O–H groups in total. The minimum atomic E-state index is -1.23. The van der Waals surface area contributed by atoms with Crippen LogP contribution in [0.3, 0.4) is 0 Å². The van der Waals surface area contributed by atoms with Crippen LogP contribution in [0.15, 0.2) is 23.5 Å². The van der Waals surface area contributed by atoms with Crippen LogP contribution >= 0.6 is 0 Å². The normalized spacial score (nSPS) is 50.3. The third-order valence-electron chi connectivity index (χ3n) is 25.1. The van der Waals surface area contributed by atoms with E-state index in [4.69, 9.17) is 109 Å². The van der Waals surface area contributed by atoms with Crippen molar-refractivity contribution in [3.05, 3.63) is 23.5 Å². The number of rotatable bonds is 20. The molecule has 100 heavy (non-hydrogen) atoms. The Balaban J connectivity index is 0.598. The Labute approximate surface area is 589 Å². The highest BCUT2D eigenvalue weighted by atomic mass is 16.8. The molecular formula is C73H116O27. The maximum absolute atomic E-state index is 13.1. The number of carbonyl (C=O) groups is 2. The van der Waals surface area contributed by atoms with Crippen molar-refractivity contribution in [1.82, 2.24) is 0 Å². The lowest BCUT2D eigenvalue weighted by molar-refractivity contribution is -0.396. The van der Waals surface area contributed by atoms with Gasteiger partial charge in [0.05, 0.1) is 98.2 Å². The minimum Gasteiger partial charge on any atom is -0.493 e. The van der Waals surface area contributed by atoms with E-state index in [0.29, 0.717) is 49.2 Å². The van der Waals surface area contributed by atoms with Gasteiger partial charge >= 0.3 is 5.97 Å². The molecule has 8 aliphatic heterocycles. The maximum atomic E-state index is 13.1. The summed E-state index contributed by atoms with van der Waals surface area (Å²) in [4.78, 5) is 25.2. The molecular weight excluding hydrogens is 1310 g/mol. The molecule has 10 fully saturated rings. The molecule has 7 saturated heterocycles. The van der Waals surface area contributed by atoms with E-state index >= 15 is 0 Å². The summed E-state index contributed by atoms with van der Waals surface area (Å²) in [7, 11) is 9.42. The molecule has 0 amide bonds. The number of esters is 1. The van der Waals surface area contributed by atoms with Crippen LogP contribution < -0.4 is 0 Å². The molecule has 0 aromatic carbocycles. The van der Waals surface area contributed by atoms with Crippen LogP contribution in [0, 0.1) is 28.6 Å². The lowest BCUT2D eigenvalue weighted by Crippen LogP contribution is -2.62. The zero-order valence-electron chi connectivity index (χ0n) is 61.8. The zero-order chi connectivity index (χ0) is 71.5. The molecule has 570 valence electrons. The third kappa shape index (κ3) is 15.2. The van der Waals surface area contributed by atoms with Crippen LogP contribution in [0.25, 0.3) is 0 Å². The Kier molecular flexibility index (Phi) is 24.5. The minimum absolute atomic E-state index is 0.0203. The first-order chi connectivity index (χ1) is 47.7. The van der Waals surface area contributed by atoms with E-state index in [1.807, 2.05) is 48.5 Å². The predicted octanol–water partition coefficient (Wildman–Crippen LogP) is 6.77. The quantitative estimate of drug-likeness (QED) is 0.0939. The predicted molar refractivity (Wildman–Crippen MR) is 350 cm³/mol. The van der Waals surface area contributed by atoms with Gasteiger partial charge in [0.1, 0.15) is 49.3 Å². The van der Waals surface area contributed by atoms with Gasteiger partial charge in [0.15, 0.2) is 55.9 Å². The van der Waals surface area contributed by atoms with E-state index in [9.17, 15) is 19.8 Å². The highest BCUT2D eigenvalue weighted by Gasteiger charge is 2.66. The molecule has 1 spiro atoms. The summed E-state index contributed by atoms with van der Waals surface area (Å²) < 4.78 is 145. The molecule has 3 saturated carbocycles. The van der Waals surface area contributed by atoms with Crippen molar-refractivity contribution in [3.63, 3.8) is 0 Å². The van der Waals surface area contributed by atoms with Crippen molar-refractivity contribution in [2.45, 2.75) is 343 Å². The Hall–Kier alpha value is -2.50. The number of methoxy groups -OCH3 is 6. The number of hydrogen-bond acceptors (Lipinski definition) is 27. The van der Waals surface area contributed by atoms with Crippen LogP contribution in [0.2, 0.25) is 0 Å². The van der Waals surface area contributed by atoms with E-state index in [1.165, 1.54) is 26.7 Å². The maximum Gasteiger partial charge on any atom is 0.303 e. The second-order valence-corrected chi connectivity index (χ2v) is 30.9. The molecule has 0 bridgehead atoms. The summed E-state index contributed by atoms with van der Waals surface area (Å²) in [6.45, 7) is 21.2. The number of aliphatic hydroxyl groups is 2. The highest BCUT2D eigenvalue weighted by Crippen LogP contribution is 2.68.